The SMILES string of the molecule is C1CN2CCN1CC2.O=N[O-].[Cl][Pt][Cl].[NH2-].[NH2-]. The van der Waals surface area contributed by atoms with Crippen LogP contribution in [0.15, 0.2) is 5.34 Å². The van der Waals surface area contributed by atoms with Crippen molar-refractivity contribution in [3.63, 3.8) is 0 Å². The molecule has 3 fully saturated rings. The molecule has 104 valence electrons. The fourth-order valence-electron chi connectivity index (χ4n) is 1.52. The molecule has 0 spiro atoms. The number of fused-ring (bicyclic) bond motifs is 3. The molecule has 10 heteroatoms. The van der Waals surface area contributed by atoms with E-state index in [1.54, 1.807) is 0 Å². The van der Waals surface area contributed by atoms with Crippen molar-refractivity contribution in [1.29, 1.82) is 0 Å². The van der Waals surface area contributed by atoms with Crippen LogP contribution in [0.25, 0.3) is 12.3 Å². The van der Waals surface area contributed by atoms with Gasteiger partial charge in [-0.2, -0.15) is 0 Å². The number of rotatable bonds is 0. The van der Waals surface area contributed by atoms with E-state index in [9.17, 15) is 0 Å². The summed E-state index contributed by atoms with van der Waals surface area (Å²) in [4.78, 5) is 13.1. The van der Waals surface area contributed by atoms with E-state index < -0.39 is 16.5 Å². The van der Waals surface area contributed by atoms with Gasteiger partial charge in [0.1, 0.15) is 0 Å². The van der Waals surface area contributed by atoms with Crippen LogP contribution in [0.4, 0.5) is 0 Å². The van der Waals surface area contributed by atoms with Gasteiger partial charge in [-0.3, -0.25) is 9.80 Å². The molecule has 3 saturated heterocycles. The van der Waals surface area contributed by atoms with Crippen LogP contribution in [0, 0.1) is 10.1 Å². The van der Waals surface area contributed by atoms with Crippen LogP contribution in [0.5, 0.6) is 0 Å². The summed E-state index contributed by atoms with van der Waals surface area (Å²) in [5, 5.41) is 9.00. The van der Waals surface area contributed by atoms with Crippen molar-refractivity contribution in [1.82, 2.24) is 9.80 Å². The zero-order chi connectivity index (χ0) is 10.8. The molecule has 0 aromatic carbocycles. The van der Waals surface area contributed by atoms with E-state index in [0.29, 0.717) is 0 Å². The quantitative estimate of drug-likeness (QED) is 0.410. The number of piperazine rings is 3. The van der Waals surface area contributed by atoms with Crippen LogP contribution in [0.1, 0.15) is 0 Å². The fraction of sp³-hybridized carbons (Fsp3) is 1.00. The number of nitrogens with zero attached hydrogens (tertiary/aromatic N) is 3. The monoisotopic (exact) mass is 455 g/mol. The summed E-state index contributed by atoms with van der Waals surface area (Å²) in [6.07, 6.45) is 0. The zero-order valence-corrected chi connectivity index (χ0v) is 12.4. The fourth-order valence-corrected chi connectivity index (χ4v) is 1.52. The molecule has 3 aliphatic rings. The molecule has 2 bridgehead atoms. The van der Waals surface area contributed by atoms with E-state index >= 15 is 0 Å². The van der Waals surface area contributed by atoms with Gasteiger partial charge in [0.15, 0.2) is 0 Å². The Morgan fingerprint density at radius 3 is 1.12 bits per heavy atom. The summed E-state index contributed by atoms with van der Waals surface area (Å²) in [7, 11) is 9.75. The van der Waals surface area contributed by atoms with Gasteiger partial charge in [-0.1, -0.05) is 0 Å². The van der Waals surface area contributed by atoms with Gasteiger partial charge < -0.3 is 22.4 Å². The van der Waals surface area contributed by atoms with E-state index in [0.717, 1.165) is 5.34 Å². The second-order valence-corrected chi connectivity index (χ2v) is 6.09. The first-order chi connectivity index (χ1) is 6.78. The van der Waals surface area contributed by atoms with Crippen LogP contribution in [-0.2, 0) is 16.5 Å². The van der Waals surface area contributed by atoms with Gasteiger partial charge in [-0.15, -0.1) is 5.34 Å². The van der Waals surface area contributed by atoms with Crippen LogP contribution in [0.3, 0.4) is 0 Å². The summed E-state index contributed by atoms with van der Waals surface area (Å²) >= 11 is -0.472. The van der Waals surface area contributed by atoms with Gasteiger partial charge in [0.2, 0.25) is 0 Å². The molecule has 0 atom stereocenters. The minimum Gasteiger partial charge on any atom is -0.693 e. The predicted molar refractivity (Wildman–Crippen MR) is 64.3 cm³/mol. The third kappa shape index (κ3) is 11.0. The summed E-state index contributed by atoms with van der Waals surface area (Å²) < 4.78 is 0. The number of nitrogens with two attached hydrogens (primary N) is 2. The molecule has 0 aromatic heterocycles. The van der Waals surface area contributed by atoms with Gasteiger partial charge >= 0.3 is 35.3 Å². The number of hydrogen-bond acceptors (Lipinski definition) is 5. The van der Waals surface area contributed by atoms with Crippen LogP contribution in [0.2, 0.25) is 0 Å². The molecule has 7 nitrogen and oxygen atoms in total. The Bertz CT molecular complexity index is 128. The van der Waals surface area contributed by atoms with Gasteiger partial charge in [-0.25, -0.2) is 0 Å². The molecule has 3 heterocycles. The van der Waals surface area contributed by atoms with Crippen LogP contribution in [-0.4, -0.2) is 49.1 Å². The molecule has 0 unspecified atom stereocenters. The smallest absolute Gasteiger partial charge is 0.693 e. The maximum absolute atomic E-state index is 8.00. The maximum atomic E-state index is 8.00. The first-order valence-corrected chi connectivity index (χ1v) is 9.63. The molecular formula is C6H16Cl2N5O2Pt-3. The third-order valence-corrected chi connectivity index (χ3v) is 2.20. The number of halogens is 2. The molecule has 0 aromatic rings. The normalized spacial score (nSPS) is 24.6. The van der Waals surface area contributed by atoms with Gasteiger partial charge in [0.25, 0.3) is 0 Å². The summed E-state index contributed by atoms with van der Waals surface area (Å²) in [5.74, 6) is 0. The molecule has 0 amide bonds. The first kappa shape index (κ1) is 21.8. The Labute approximate surface area is 112 Å². The molecule has 0 saturated carbocycles. The van der Waals surface area contributed by atoms with Crippen molar-refractivity contribution in [2.45, 2.75) is 0 Å². The van der Waals surface area contributed by atoms with Gasteiger partial charge in [-0.05, 0) is 0 Å². The van der Waals surface area contributed by atoms with Crippen molar-refractivity contribution in [2.24, 2.45) is 5.34 Å². The van der Waals surface area contributed by atoms with E-state index in [4.69, 9.17) is 29.0 Å². The molecule has 3 aliphatic heterocycles. The average Bonchev–Trinajstić information content (AvgIpc) is 2.23. The second-order valence-electron chi connectivity index (χ2n) is 2.80. The largest absolute Gasteiger partial charge is 0.693 e. The van der Waals surface area contributed by atoms with Crippen molar-refractivity contribution in [3.05, 3.63) is 22.4 Å². The van der Waals surface area contributed by atoms with Gasteiger partial charge in [0.05, 0.1) is 0 Å². The average molecular weight is 456 g/mol. The topological polar surface area (TPSA) is 126 Å². The molecule has 16 heavy (non-hydrogen) atoms. The predicted octanol–water partition coefficient (Wildman–Crippen LogP) is 2.68. The van der Waals surface area contributed by atoms with Crippen molar-refractivity contribution < 1.29 is 16.5 Å². The van der Waals surface area contributed by atoms with Crippen molar-refractivity contribution >= 4 is 18.8 Å². The van der Waals surface area contributed by atoms with Crippen LogP contribution >= 0.6 is 18.8 Å². The van der Waals surface area contributed by atoms with E-state index in [1.807, 2.05) is 0 Å². The molecule has 0 radical (unpaired) electrons. The minimum atomic E-state index is -0.472. The molecule has 3 rings (SSSR count). The standard InChI is InChI=1S/C6H12N2.2ClH.HNO2.2H2N.Pt/c1-2-8-5-3-7(1)4-6-8;;;2-1-3;;;/h1-6H2;2*1H;(H,2,3);2*1H2;/q;;;;2*-1;+2/p-3. The Balaban J connectivity index is -0.000000186. The Hall–Kier alpha value is 0.508. The van der Waals surface area contributed by atoms with Crippen molar-refractivity contribution in [2.75, 3.05) is 39.3 Å². The molecule has 0 aliphatic carbocycles. The molecular weight excluding hydrogens is 440 g/mol. The first-order valence-electron chi connectivity index (χ1n) is 4.00. The Morgan fingerprint density at radius 2 is 1.06 bits per heavy atom. The molecule has 4 N–H and O–H groups in total. The van der Waals surface area contributed by atoms with Crippen LogP contribution < -0.4 is 0 Å². The maximum Gasteiger partial charge on any atom is -0.693 e. The van der Waals surface area contributed by atoms with Gasteiger partial charge in [0, 0.05) is 39.3 Å². The van der Waals surface area contributed by atoms with E-state index in [-0.39, 0.29) is 12.3 Å². The summed E-state index contributed by atoms with van der Waals surface area (Å²) in [6, 6.07) is 0. The second kappa shape index (κ2) is 15.5. The van der Waals surface area contributed by atoms with E-state index in [2.05, 4.69) is 9.80 Å². The summed E-state index contributed by atoms with van der Waals surface area (Å²) in [6.45, 7) is 7.92. The Morgan fingerprint density at radius 1 is 0.938 bits per heavy atom. The Kier molecular flexibility index (Phi) is 21.1. The van der Waals surface area contributed by atoms with Crippen molar-refractivity contribution in [3.8, 4) is 0 Å². The summed E-state index contributed by atoms with van der Waals surface area (Å²) in [5.41, 5.74) is 0. The minimum absolute atomic E-state index is 0. The number of hydrogen-bond donors (Lipinski definition) is 0. The third-order valence-electron chi connectivity index (χ3n) is 2.20. The van der Waals surface area contributed by atoms with E-state index in [1.165, 1.54) is 39.3 Å². The zero-order valence-electron chi connectivity index (χ0n) is 8.63.